The fourth-order valence-electron chi connectivity index (χ4n) is 4.84. The number of amides is 1. The van der Waals surface area contributed by atoms with Crippen molar-refractivity contribution in [2.75, 3.05) is 13.2 Å². The lowest BCUT2D eigenvalue weighted by Crippen LogP contribution is -2.49. The summed E-state index contributed by atoms with van der Waals surface area (Å²) in [7, 11) is 0. The quantitative estimate of drug-likeness (QED) is 0.396. The maximum Gasteiger partial charge on any atom is 0.303 e. The average molecular weight is 502 g/mol. The third-order valence-electron chi connectivity index (χ3n) is 7.03. The first-order valence-corrected chi connectivity index (χ1v) is 12.8. The lowest BCUT2D eigenvalue weighted by Gasteiger charge is -2.39. The fourth-order valence-corrected chi connectivity index (χ4v) is 4.84. The third kappa shape index (κ3) is 6.57. The van der Waals surface area contributed by atoms with Crippen LogP contribution in [-0.2, 0) is 28.1 Å². The zero-order chi connectivity index (χ0) is 26.4. The first-order chi connectivity index (χ1) is 17.8. The number of carbonyl (C=O) groups is 2. The largest absolute Gasteiger partial charge is 0.489 e. The number of hydrogen-bond donors (Lipinski definition) is 2. The molecule has 1 fully saturated rings. The SMILES string of the molecule is Cc1cccc(C2(NC(=O)c3cc(COc4cc(C)ccc4C)ccc3CCC(=O)O)CCOCC2)c1. The van der Waals surface area contributed by atoms with Crippen molar-refractivity contribution in [2.45, 2.75) is 58.6 Å². The van der Waals surface area contributed by atoms with Gasteiger partial charge in [-0.1, -0.05) is 54.1 Å². The Morgan fingerprint density at radius 1 is 0.973 bits per heavy atom. The minimum atomic E-state index is -0.894. The molecule has 3 aromatic rings. The monoisotopic (exact) mass is 501 g/mol. The number of benzene rings is 3. The summed E-state index contributed by atoms with van der Waals surface area (Å²) >= 11 is 0. The molecule has 6 heteroatoms. The summed E-state index contributed by atoms with van der Waals surface area (Å²) in [5, 5.41) is 12.6. The van der Waals surface area contributed by atoms with Gasteiger partial charge in [-0.3, -0.25) is 9.59 Å². The van der Waals surface area contributed by atoms with E-state index in [4.69, 9.17) is 9.47 Å². The van der Waals surface area contributed by atoms with Gasteiger partial charge >= 0.3 is 5.97 Å². The van der Waals surface area contributed by atoms with Gasteiger partial charge in [0.1, 0.15) is 12.4 Å². The second-order valence-electron chi connectivity index (χ2n) is 9.96. The molecule has 0 bridgehead atoms. The zero-order valence-corrected chi connectivity index (χ0v) is 21.8. The van der Waals surface area contributed by atoms with Crippen LogP contribution < -0.4 is 10.1 Å². The molecule has 1 amide bonds. The third-order valence-corrected chi connectivity index (χ3v) is 7.03. The molecular formula is C31H35NO5. The Hall–Kier alpha value is -3.64. The molecule has 0 radical (unpaired) electrons. The van der Waals surface area contributed by atoms with E-state index in [0.29, 0.717) is 43.8 Å². The molecular weight excluding hydrogens is 466 g/mol. The molecule has 1 heterocycles. The summed E-state index contributed by atoms with van der Waals surface area (Å²) in [6, 6.07) is 19.9. The molecule has 194 valence electrons. The number of aryl methyl sites for hydroxylation is 4. The van der Waals surface area contributed by atoms with Crippen molar-refractivity contribution in [1.29, 1.82) is 0 Å². The summed E-state index contributed by atoms with van der Waals surface area (Å²) in [5.74, 6) is -0.298. The molecule has 1 saturated heterocycles. The molecule has 2 N–H and O–H groups in total. The van der Waals surface area contributed by atoms with Crippen LogP contribution in [0.1, 0.15) is 63.0 Å². The minimum Gasteiger partial charge on any atom is -0.489 e. The Morgan fingerprint density at radius 2 is 1.73 bits per heavy atom. The smallest absolute Gasteiger partial charge is 0.303 e. The molecule has 0 aromatic heterocycles. The molecule has 0 unspecified atom stereocenters. The van der Waals surface area contributed by atoms with E-state index >= 15 is 0 Å². The molecule has 6 nitrogen and oxygen atoms in total. The topological polar surface area (TPSA) is 84.9 Å². The van der Waals surface area contributed by atoms with Gasteiger partial charge in [0.05, 0.1) is 5.54 Å². The number of rotatable bonds is 9. The normalized spacial score (nSPS) is 14.7. The van der Waals surface area contributed by atoms with Crippen LogP contribution in [0, 0.1) is 20.8 Å². The Balaban J connectivity index is 1.63. The van der Waals surface area contributed by atoms with Gasteiger partial charge in [0, 0.05) is 25.2 Å². The summed E-state index contributed by atoms with van der Waals surface area (Å²) in [6.07, 6.45) is 1.57. The van der Waals surface area contributed by atoms with E-state index in [2.05, 4.69) is 17.4 Å². The van der Waals surface area contributed by atoms with E-state index in [-0.39, 0.29) is 18.7 Å². The summed E-state index contributed by atoms with van der Waals surface area (Å²) in [4.78, 5) is 25.1. The number of nitrogens with one attached hydrogen (secondary N) is 1. The Labute approximate surface area is 218 Å². The van der Waals surface area contributed by atoms with E-state index < -0.39 is 11.5 Å². The van der Waals surface area contributed by atoms with Crippen molar-refractivity contribution < 1.29 is 24.2 Å². The van der Waals surface area contributed by atoms with Crippen molar-refractivity contribution in [3.63, 3.8) is 0 Å². The maximum absolute atomic E-state index is 13.8. The molecule has 0 aliphatic carbocycles. The second kappa shape index (κ2) is 11.6. The van der Waals surface area contributed by atoms with Gasteiger partial charge in [-0.2, -0.15) is 0 Å². The van der Waals surface area contributed by atoms with Gasteiger partial charge in [0.2, 0.25) is 0 Å². The number of aliphatic carboxylic acids is 1. The maximum atomic E-state index is 13.8. The number of carboxylic acid groups (broad SMARTS) is 1. The average Bonchev–Trinajstić information content (AvgIpc) is 2.88. The standard InChI is InChI=1S/C31H35NO5/c1-21-5-4-6-26(17-21)31(13-15-36-16-14-31)32-30(35)27-19-24(9-10-25(27)11-12-29(33)34)20-37-28-18-22(2)7-8-23(28)3/h4-10,17-19H,11-16,20H2,1-3H3,(H,32,35)(H,33,34). The highest BCUT2D eigenvalue weighted by molar-refractivity contribution is 5.96. The van der Waals surface area contributed by atoms with Gasteiger partial charge in [-0.15, -0.1) is 0 Å². The lowest BCUT2D eigenvalue weighted by molar-refractivity contribution is -0.136. The summed E-state index contributed by atoms with van der Waals surface area (Å²) in [6.45, 7) is 7.49. The Kier molecular flexibility index (Phi) is 8.29. The van der Waals surface area contributed by atoms with Crippen LogP contribution in [0.3, 0.4) is 0 Å². The highest BCUT2D eigenvalue weighted by Crippen LogP contribution is 2.33. The molecule has 0 atom stereocenters. The second-order valence-corrected chi connectivity index (χ2v) is 9.96. The highest BCUT2D eigenvalue weighted by atomic mass is 16.5. The van der Waals surface area contributed by atoms with Crippen molar-refractivity contribution in [3.8, 4) is 5.75 Å². The van der Waals surface area contributed by atoms with Gasteiger partial charge in [0.25, 0.3) is 5.91 Å². The van der Waals surface area contributed by atoms with Crippen LogP contribution in [-0.4, -0.2) is 30.2 Å². The summed E-state index contributed by atoms with van der Waals surface area (Å²) in [5.41, 5.74) is 5.85. The molecule has 1 aliphatic rings. The first kappa shape index (κ1) is 26.4. The van der Waals surface area contributed by atoms with Crippen molar-refractivity contribution >= 4 is 11.9 Å². The number of hydrogen-bond acceptors (Lipinski definition) is 4. The van der Waals surface area contributed by atoms with Crippen LogP contribution in [0.4, 0.5) is 0 Å². The number of carboxylic acids is 1. The van der Waals surface area contributed by atoms with E-state index in [1.807, 2.05) is 69.3 Å². The lowest BCUT2D eigenvalue weighted by atomic mass is 9.81. The number of ether oxygens (including phenoxy) is 2. The Morgan fingerprint density at radius 3 is 2.46 bits per heavy atom. The molecule has 37 heavy (non-hydrogen) atoms. The minimum absolute atomic E-state index is 0.0462. The van der Waals surface area contributed by atoms with Crippen molar-refractivity contribution in [1.82, 2.24) is 5.32 Å². The van der Waals surface area contributed by atoms with Crippen LogP contribution in [0.2, 0.25) is 0 Å². The number of carbonyl (C=O) groups excluding carboxylic acids is 1. The van der Waals surface area contributed by atoms with E-state index in [1.54, 1.807) is 0 Å². The zero-order valence-electron chi connectivity index (χ0n) is 21.8. The van der Waals surface area contributed by atoms with Gasteiger partial charge < -0.3 is 19.9 Å². The van der Waals surface area contributed by atoms with Gasteiger partial charge in [0.15, 0.2) is 0 Å². The molecule has 1 aliphatic heterocycles. The van der Waals surface area contributed by atoms with Gasteiger partial charge in [-0.05, 0) is 80.0 Å². The molecule has 4 rings (SSSR count). The van der Waals surface area contributed by atoms with Crippen LogP contribution in [0.5, 0.6) is 5.75 Å². The predicted molar refractivity (Wildman–Crippen MR) is 143 cm³/mol. The highest BCUT2D eigenvalue weighted by Gasteiger charge is 2.36. The van der Waals surface area contributed by atoms with Crippen LogP contribution >= 0.6 is 0 Å². The predicted octanol–water partition coefficient (Wildman–Crippen LogP) is 5.64. The van der Waals surface area contributed by atoms with Crippen LogP contribution in [0.25, 0.3) is 0 Å². The first-order valence-electron chi connectivity index (χ1n) is 12.8. The summed E-state index contributed by atoms with van der Waals surface area (Å²) < 4.78 is 11.7. The van der Waals surface area contributed by atoms with E-state index in [9.17, 15) is 14.7 Å². The van der Waals surface area contributed by atoms with Crippen molar-refractivity contribution in [2.24, 2.45) is 0 Å². The van der Waals surface area contributed by atoms with E-state index in [1.165, 1.54) is 0 Å². The molecule has 0 saturated carbocycles. The molecule has 0 spiro atoms. The van der Waals surface area contributed by atoms with Crippen molar-refractivity contribution in [3.05, 3.63) is 99.6 Å². The van der Waals surface area contributed by atoms with E-state index in [0.717, 1.165) is 33.6 Å². The van der Waals surface area contributed by atoms with Crippen LogP contribution in [0.15, 0.2) is 60.7 Å². The fraction of sp³-hybridized carbons (Fsp3) is 0.355. The Bertz CT molecular complexity index is 1280. The molecule has 3 aromatic carbocycles. The van der Waals surface area contributed by atoms with Gasteiger partial charge in [-0.25, -0.2) is 0 Å².